The lowest BCUT2D eigenvalue weighted by molar-refractivity contribution is -0.142. The van der Waals surface area contributed by atoms with E-state index in [0.29, 0.717) is 0 Å². The van der Waals surface area contributed by atoms with Crippen LogP contribution in [0.2, 0.25) is 0 Å². The summed E-state index contributed by atoms with van der Waals surface area (Å²) in [6.45, 7) is 1.42. The number of guanidine groups is 1. The van der Waals surface area contributed by atoms with Crippen LogP contribution in [0.4, 0.5) is 18.9 Å². The summed E-state index contributed by atoms with van der Waals surface area (Å²) in [5, 5.41) is 2.88. The number of nitrogens with one attached hydrogen (secondary N) is 1. The molecule has 1 aromatic rings. The van der Waals surface area contributed by atoms with Crippen molar-refractivity contribution in [1.29, 1.82) is 0 Å². The first-order chi connectivity index (χ1) is 9.26. The summed E-state index contributed by atoms with van der Waals surface area (Å²) in [5.41, 5.74) is 7.57. The van der Waals surface area contributed by atoms with E-state index in [-0.39, 0.29) is 19.0 Å². The van der Waals surface area contributed by atoms with Crippen LogP contribution in [0.5, 0.6) is 0 Å². The standard InChI is InChI=1S/C13H19F3N4/c1-10-3-5-11(6-4-10)19-12(17)18-7-8-20(2)9-13(14,15)16/h3-6H,7-9H2,1-2H3,(H3,17,18,19). The third kappa shape index (κ3) is 6.98. The Bertz CT molecular complexity index is 440. The van der Waals surface area contributed by atoms with E-state index in [9.17, 15) is 13.2 Å². The molecular formula is C13H19F3N4. The van der Waals surface area contributed by atoms with Crippen LogP contribution >= 0.6 is 0 Å². The zero-order valence-electron chi connectivity index (χ0n) is 11.5. The van der Waals surface area contributed by atoms with Crippen LogP contribution in [0.1, 0.15) is 5.56 Å². The van der Waals surface area contributed by atoms with Crippen molar-refractivity contribution in [3.05, 3.63) is 29.8 Å². The van der Waals surface area contributed by atoms with Crippen LogP contribution in [0.25, 0.3) is 0 Å². The highest BCUT2D eigenvalue weighted by atomic mass is 19.4. The molecule has 3 N–H and O–H groups in total. The van der Waals surface area contributed by atoms with Crippen LogP contribution in [-0.2, 0) is 0 Å². The van der Waals surface area contributed by atoms with Crippen molar-refractivity contribution in [3.63, 3.8) is 0 Å². The average Bonchev–Trinajstić information content (AvgIpc) is 2.29. The highest BCUT2D eigenvalue weighted by Gasteiger charge is 2.28. The van der Waals surface area contributed by atoms with Crippen molar-refractivity contribution in [2.45, 2.75) is 13.1 Å². The highest BCUT2D eigenvalue weighted by Crippen LogP contribution is 2.15. The van der Waals surface area contributed by atoms with Gasteiger partial charge in [-0.25, -0.2) is 0 Å². The fraction of sp³-hybridized carbons (Fsp3) is 0.462. The SMILES string of the molecule is Cc1ccc(NC(N)=NCCN(C)CC(F)(F)F)cc1. The van der Waals surface area contributed by atoms with Crippen molar-refractivity contribution < 1.29 is 13.2 Å². The van der Waals surface area contributed by atoms with Gasteiger partial charge < -0.3 is 11.1 Å². The maximum Gasteiger partial charge on any atom is 0.401 e. The second kappa shape index (κ2) is 7.14. The number of nitrogens with zero attached hydrogens (tertiary/aromatic N) is 2. The second-order valence-electron chi connectivity index (χ2n) is 4.61. The van der Waals surface area contributed by atoms with E-state index >= 15 is 0 Å². The van der Waals surface area contributed by atoms with Gasteiger partial charge in [0.15, 0.2) is 5.96 Å². The van der Waals surface area contributed by atoms with Crippen molar-refractivity contribution in [2.75, 3.05) is 32.0 Å². The van der Waals surface area contributed by atoms with Crippen LogP contribution in [-0.4, -0.2) is 43.7 Å². The molecule has 4 nitrogen and oxygen atoms in total. The number of benzene rings is 1. The van der Waals surface area contributed by atoms with Crippen molar-refractivity contribution in [3.8, 4) is 0 Å². The zero-order chi connectivity index (χ0) is 15.2. The van der Waals surface area contributed by atoms with E-state index in [1.165, 1.54) is 7.05 Å². The van der Waals surface area contributed by atoms with Crippen LogP contribution in [0, 0.1) is 6.92 Å². The van der Waals surface area contributed by atoms with Gasteiger partial charge in [0.2, 0.25) is 0 Å². The molecule has 0 bridgehead atoms. The molecule has 0 atom stereocenters. The maximum atomic E-state index is 12.1. The van der Waals surface area contributed by atoms with Crippen LogP contribution < -0.4 is 11.1 Å². The Hall–Kier alpha value is -1.76. The Morgan fingerprint density at radius 3 is 2.45 bits per heavy atom. The summed E-state index contributed by atoms with van der Waals surface area (Å²) in [4.78, 5) is 5.14. The first-order valence-corrected chi connectivity index (χ1v) is 6.15. The van der Waals surface area contributed by atoms with Crippen LogP contribution in [0.3, 0.4) is 0 Å². The van der Waals surface area contributed by atoms with Gasteiger partial charge in [-0.3, -0.25) is 9.89 Å². The minimum atomic E-state index is -4.19. The van der Waals surface area contributed by atoms with Gasteiger partial charge in [0, 0.05) is 12.2 Å². The molecule has 0 amide bonds. The molecule has 0 fully saturated rings. The minimum Gasteiger partial charge on any atom is -0.370 e. The smallest absolute Gasteiger partial charge is 0.370 e. The largest absolute Gasteiger partial charge is 0.401 e. The lowest BCUT2D eigenvalue weighted by Gasteiger charge is -2.17. The molecular weight excluding hydrogens is 269 g/mol. The van der Waals surface area contributed by atoms with Crippen molar-refractivity contribution >= 4 is 11.6 Å². The molecule has 0 heterocycles. The van der Waals surface area contributed by atoms with E-state index in [4.69, 9.17) is 5.73 Å². The molecule has 0 aliphatic carbocycles. The Balaban J connectivity index is 2.36. The van der Waals surface area contributed by atoms with Gasteiger partial charge in [0.05, 0.1) is 13.1 Å². The normalized spacial score (nSPS) is 12.8. The summed E-state index contributed by atoms with van der Waals surface area (Å²) in [6.07, 6.45) is -4.19. The number of nitrogens with two attached hydrogens (primary N) is 1. The molecule has 112 valence electrons. The van der Waals surface area contributed by atoms with E-state index < -0.39 is 12.7 Å². The number of anilines is 1. The summed E-state index contributed by atoms with van der Waals surface area (Å²) in [5.74, 6) is 0.189. The summed E-state index contributed by atoms with van der Waals surface area (Å²) in [6, 6.07) is 7.56. The van der Waals surface area contributed by atoms with Gasteiger partial charge in [-0.15, -0.1) is 0 Å². The van der Waals surface area contributed by atoms with Gasteiger partial charge >= 0.3 is 6.18 Å². The average molecular weight is 288 g/mol. The topological polar surface area (TPSA) is 53.6 Å². The summed E-state index contributed by atoms with van der Waals surface area (Å²) in [7, 11) is 1.40. The number of alkyl halides is 3. The molecule has 1 rings (SSSR count). The first kappa shape index (κ1) is 16.3. The summed E-state index contributed by atoms with van der Waals surface area (Å²) >= 11 is 0. The number of likely N-dealkylation sites (N-methyl/N-ethyl adjacent to an activating group) is 1. The van der Waals surface area contributed by atoms with Crippen molar-refractivity contribution in [2.24, 2.45) is 10.7 Å². The lowest BCUT2D eigenvalue weighted by atomic mass is 10.2. The molecule has 0 aliphatic heterocycles. The number of aliphatic imine (C=N–C) groups is 1. The fourth-order valence-electron chi connectivity index (χ4n) is 1.55. The molecule has 0 radical (unpaired) electrons. The second-order valence-corrected chi connectivity index (χ2v) is 4.61. The Morgan fingerprint density at radius 2 is 1.90 bits per heavy atom. The molecule has 1 aromatic carbocycles. The number of rotatable bonds is 5. The van der Waals surface area contributed by atoms with E-state index in [1.54, 1.807) is 0 Å². The molecule has 7 heteroatoms. The Labute approximate surface area is 116 Å². The quantitative estimate of drug-likeness (QED) is 0.645. The predicted molar refractivity (Wildman–Crippen MR) is 74.8 cm³/mol. The van der Waals surface area contributed by atoms with Gasteiger partial charge in [-0.2, -0.15) is 13.2 Å². The number of hydrogen-bond donors (Lipinski definition) is 2. The molecule has 0 saturated heterocycles. The summed E-state index contributed by atoms with van der Waals surface area (Å²) < 4.78 is 36.3. The number of hydrogen-bond acceptors (Lipinski definition) is 2. The number of aryl methyl sites for hydroxylation is 1. The molecule has 0 aliphatic rings. The predicted octanol–water partition coefficient (Wildman–Crippen LogP) is 2.22. The molecule has 0 aromatic heterocycles. The van der Waals surface area contributed by atoms with Gasteiger partial charge in [-0.1, -0.05) is 17.7 Å². The third-order valence-electron chi connectivity index (χ3n) is 2.54. The Kier molecular flexibility index (Phi) is 5.82. The van der Waals surface area contributed by atoms with Gasteiger partial charge in [0.25, 0.3) is 0 Å². The highest BCUT2D eigenvalue weighted by molar-refractivity contribution is 5.92. The fourth-order valence-corrected chi connectivity index (χ4v) is 1.55. The van der Waals surface area contributed by atoms with E-state index in [1.807, 2.05) is 31.2 Å². The monoisotopic (exact) mass is 288 g/mol. The van der Waals surface area contributed by atoms with Crippen LogP contribution in [0.15, 0.2) is 29.3 Å². The minimum absolute atomic E-state index is 0.189. The van der Waals surface area contributed by atoms with E-state index in [0.717, 1.165) is 16.2 Å². The molecule has 0 saturated carbocycles. The molecule has 20 heavy (non-hydrogen) atoms. The van der Waals surface area contributed by atoms with Gasteiger partial charge in [0.1, 0.15) is 0 Å². The molecule has 0 spiro atoms. The van der Waals surface area contributed by atoms with Gasteiger partial charge in [-0.05, 0) is 26.1 Å². The third-order valence-corrected chi connectivity index (χ3v) is 2.54. The maximum absolute atomic E-state index is 12.1. The zero-order valence-corrected chi connectivity index (χ0v) is 11.5. The van der Waals surface area contributed by atoms with E-state index in [2.05, 4.69) is 10.3 Å². The number of halogens is 3. The molecule has 0 unspecified atom stereocenters. The first-order valence-electron chi connectivity index (χ1n) is 6.15. The van der Waals surface area contributed by atoms with Crippen molar-refractivity contribution in [1.82, 2.24) is 4.90 Å². The Morgan fingerprint density at radius 1 is 1.30 bits per heavy atom. The lowest BCUT2D eigenvalue weighted by Crippen LogP contribution is -2.33.